The molecule has 1 N–H and O–H groups in total. The Balaban J connectivity index is 1.49. The minimum atomic E-state index is -0.935. The number of halogens is 2. The van der Waals surface area contributed by atoms with E-state index in [2.05, 4.69) is 10.2 Å². The quantitative estimate of drug-likeness (QED) is 0.890. The summed E-state index contributed by atoms with van der Waals surface area (Å²) in [6, 6.07) is 11.3. The van der Waals surface area contributed by atoms with E-state index < -0.39 is 11.6 Å². The van der Waals surface area contributed by atoms with E-state index in [4.69, 9.17) is 4.74 Å². The monoisotopic (exact) mass is 361 g/mol. The van der Waals surface area contributed by atoms with Crippen LogP contribution in [0.2, 0.25) is 0 Å². The number of piperazine rings is 1. The highest BCUT2D eigenvalue weighted by molar-refractivity contribution is 5.81. The average Bonchev–Trinajstić information content (AvgIpc) is 2.69. The molecule has 1 saturated heterocycles. The van der Waals surface area contributed by atoms with Crippen molar-refractivity contribution in [3.8, 4) is 5.75 Å². The number of benzene rings is 2. The van der Waals surface area contributed by atoms with Crippen LogP contribution in [0.3, 0.4) is 0 Å². The Kier molecular flexibility index (Phi) is 5.55. The Morgan fingerprint density at radius 1 is 1.04 bits per heavy atom. The van der Waals surface area contributed by atoms with Crippen molar-refractivity contribution in [2.75, 3.05) is 50.1 Å². The third kappa shape index (κ3) is 4.22. The molecule has 0 spiro atoms. The lowest BCUT2D eigenvalue weighted by molar-refractivity contribution is -0.129. The largest absolute Gasteiger partial charge is 0.497 e. The van der Waals surface area contributed by atoms with Crippen molar-refractivity contribution in [3.63, 3.8) is 0 Å². The SMILES string of the molecule is COc1ccc(N2CCN(C(=O)CNc3ccc(F)c(F)c3)CC2)cc1. The van der Waals surface area contributed by atoms with E-state index >= 15 is 0 Å². The second kappa shape index (κ2) is 8.03. The number of nitrogens with zero attached hydrogens (tertiary/aromatic N) is 2. The summed E-state index contributed by atoms with van der Waals surface area (Å²) in [6.45, 7) is 2.76. The molecule has 2 aromatic carbocycles. The molecule has 0 aromatic heterocycles. The molecule has 0 bridgehead atoms. The Morgan fingerprint density at radius 2 is 1.73 bits per heavy atom. The lowest BCUT2D eigenvalue weighted by Gasteiger charge is -2.36. The smallest absolute Gasteiger partial charge is 0.241 e. The van der Waals surface area contributed by atoms with Crippen LogP contribution in [-0.4, -0.2) is 50.6 Å². The number of carbonyl (C=O) groups excluding carboxylic acids is 1. The molecule has 138 valence electrons. The van der Waals surface area contributed by atoms with Crippen LogP contribution in [0, 0.1) is 11.6 Å². The first kappa shape index (κ1) is 18.0. The topological polar surface area (TPSA) is 44.8 Å². The Morgan fingerprint density at radius 3 is 2.35 bits per heavy atom. The standard InChI is InChI=1S/C19H21F2N3O2/c1-26-16-5-3-15(4-6-16)23-8-10-24(11-9-23)19(25)13-22-14-2-7-17(20)18(21)12-14/h2-7,12,22H,8-11,13H2,1H3. The molecular weight excluding hydrogens is 340 g/mol. The number of hydrogen-bond donors (Lipinski definition) is 1. The van der Waals surface area contributed by atoms with Gasteiger partial charge in [-0.2, -0.15) is 0 Å². The van der Waals surface area contributed by atoms with Gasteiger partial charge in [0.1, 0.15) is 5.75 Å². The molecule has 1 aliphatic heterocycles. The molecule has 0 radical (unpaired) electrons. The summed E-state index contributed by atoms with van der Waals surface area (Å²) >= 11 is 0. The van der Waals surface area contributed by atoms with Crippen LogP contribution in [0.5, 0.6) is 5.75 Å². The lowest BCUT2D eigenvalue weighted by Crippen LogP contribution is -2.50. The molecule has 2 aromatic rings. The van der Waals surface area contributed by atoms with Crippen LogP contribution in [0.15, 0.2) is 42.5 Å². The lowest BCUT2D eigenvalue weighted by atomic mass is 10.2. The molecule has 26 heavy (non-hydrogen) atoms. The van der Waals surface area contributed by atoms with Crippen molar-refractivity contribution in [2.24, 2.45) is 0 Å². The number of rotatable bonds is 5. The number of methoxy groups -OCH3 is 1. The maximum absolute atomic E-state index is 13.2. The van der Waals surface area contributed by atoms with E-state index in [0.29, 0.717) is 18.8 Å². The molecule has 3 rings (SSSR count). The van der Waals surface area contributed by atoms with Crippen molar-refractivity contribution >= 4 is 17.3 Å². The van der Waals surface area contributed by atoms with Crippen molar-refractivity contribution in [3.05, 3.63) is 54.1 Å². The van der Waals surface area contributed by atoms with Gasteiger partial charge >= 0.3 is 0 Å². The summed E-state index contributed by atoms with van der Waals surface area (Å²) in [5, 5.41) is 2.84. The number of anilines is 2. The first-order valence-electron chi connectivity index (χ1n) is 8.42. The van der Waals surface area contributed by atoms with Gasteiger partial charge in [-0.1, -0.05) is 0 Å². The third-order valence-corrected chi connectivity index (χ3v) is 4.43. The van der Waals surface area contributed by atoms with E-state index in [9.17, 15) is 13.6 Å². The third-order valence-electron chi connectivity index (χ3n) is 4.43. The Labute approximate surface area is 151 Å². The van der Waals surface area contributed by atoms with Gasteiger partial charge in [-0.15, -0.1) is 0 Å². The number of amides is 1. The predicted molar refractivity (Wildman–Crippen MR) is 96.6 cm³/mol. The first-order valence-corrected chi connectivity index (χ1v) is 8.42. The van der Waals surface area contributed by atoms with Gasteiger partial charge in [-0.25, -0.2) is 8.78 Å². The predicted octanol–water partition coefficient (Wildman–Crippen LogP) is 2.73. The molecule has 7 heteroatoms. The van der Waals surface area contributed by atoms with Crippen molar-refractivity contribution in [1.29, 1.82) is 0 Å². The first-order chi connectivity index (χ1) is 12.6. The summed E-state index contributed by atoms with van der Waals surface area (Å²) < 4.78 is 31.3. The fourth-order valence-electron chi connectivity index (χ4n) is 2.90. The van der Waals surface area contributed by atoms with Gasteiger partial charge in [-0.3, -0.25) is 4.79 Å². The molecule has 0 aliphatic carbocycles. The minimum absolute atomic E-state index is 0.0492. The highest BCUT2D eigenvalue weighted by Gasteiger charge is 2.21. The molecule has 0 unspecified atom stereocenters. The van der Waals surface area contributed by atoms with Crippen LogP contribution in [-0.2, 0) is 4.79 Å². The summed E-state index contributed by atoms with van der Waals surface area (Å²) in [7, 11) is 1.63. The van der Waals surface area contributed by atoms with Gasteiger partial charge in [-0.05, 0) is 36.4 Å². The van der Waals surface area contributed by atoms with Gasteiger partial charge < -0.3 is 19.9 Å². The highest BCUT2D eigenvalue weighted by Crippen LogP contribution is 2.20. The van der Waals surface area contributed by atoms with Gasteiger partial charge in [0.2, 0.25) is 5.91 Å². The Bertz CT molecular complexity index is 760. The number of nitrogens with one attached hydrogen (secondary N) is 1. The number of carbonyl (C=O) groups is 1. The molecule has 0 saturated carbocycles. The zero-order valence-electron chi connectivity index (χ0n) is 14.5. The minimum Gasteiger partial charge on any atom is -0.497 e. The van der Waals surface area contributed by atoms with Crippen LogP contribution in [0.25, 0.3) is 0 Å². The van der Waals surface area contributed by atoms with Crippen LogP contribution >= 0.6 is 0 Å². The molecule has 5 nitrogen and oxygen atoms in total. The van der Waals surface area contributed by atoms with Crippen molar-refractivity contribution < 1.29 is 18.3 Å². The molecular formula is C19H21F2N3O2. The average molecular weight is 361 g/mol. The van der Waals surface area contributed by atoms with E-state index in [1.165, 1.54) is 6.07 Å². The molecule has 1 heterocycles. The van der Waals surface area contributed by atoms with Gasteiger partial charge in [0.05, 0.1) is 13.7 Å². The summed E-state index contributed by atoms with van der Waals surface area (Å²) in [4.78, 5) is 16.3. The Hall–Kier alpha value is -2.83. The van der Waals surface area contributed by atoms with Crippen molar-refractivity contribution in [2.45, 2.75) is 0 Å². The molecule has 0 atom stereocenters. The zero-order valence-corrected chi connectivity index (χ0v) is 14.5. The second-order valence-electron chi connectivity index (χ2n) is 6.05. The van der Waals surface area contributed by atoms with E-state index in [-0.39, 0.29) is 12.5 Å². The van der Waals surface area contributed by atoms with Gasteiger partial charge in [0.15, 0.2) is 11.6 Å². The van der Waals surface area contributed by atoms with Crippen LogP contribution in [0.1, 0.15) is 0 Å². The van der Waals surface area contributed by atoms with E-state index in [1.54, 1.807) is 12.0 Å². The van der Waals surface area contributed by atoms with Crippen LogP contribution < -0.4 is 15.0 Å². The fourth-order valence-corrected chi connectivity index (χ4v) is 2.90. The molecule has 1 amide bonds. The van der Waals surface area contributed by atoms with E-state index in [1.807, 2.05) is 24.3 Å². The van der Waals surface area contributed by atoms with Crippen LogP contribution in [0.4, 0.5) is 20.2 Å². The van der Waals surface area contributed by atoms with Crippen molar-refractivity contribution in [1.82, 2.24) is 4.90 Å². The number of ether oxygens (including phenoxy) is 1. The molecule has 1 aliphatic rings. The summed E-state index contributed by atoms with van der Waals surface area (Å²) in [5.74, 6) is -1.10. The summed E-state index contributed by atoms with van der Waals surface area (Å²) in [6.07, 6.45) is 0. The number of hydrogen-bond acceptors (Lipinski definition) is 4. The summed E-state index contributed by atoms with van der Waals surface area (Å²) in [5.41, 5.74) is 1.48. The normalized spacial score (nSPS) is 14.3. The van der Waals surface area contributed by atoms with Gasteiger partial charge in [0.25, 0.3) is 0 Å². The van der Waals surface area contributed by atoms with E-state index in [0.717, 1.165) is 36.7 Å². The maximum atomic E-state index is 13.2. The second-order valence-corrected chi connectivity index (χ2v) is 6.05. The highest BCUT2D eigenvalue weighted by atomic mass is 19.2. The molecule has 1 fully saturated rings. The van der Waals surface area contributed by atoms with Gasteiger partial charge in [0, 0.05) is 43.6 Å². The maximum Gasteiger partial charge on any atom is 0.241 e. The zero-order chi connectivity index (χ0) is 18.5. The fraction of sp³-hybridized carbons (Fsp3) is 0.316.